The normalized spacial score (nSPS) is 9.76. The van der Waals surface area contributed by atoms with Gasteiger partial charge in [0.15, 0.2) is 6.61 Å². The minimum absolute atomic E-state index is 0.164. The third-order valence-corrected chi connectivity index (χ3v) is 3.34. The van der Waals surface area contributed by atoms with E-state index >= 15 is 0 Å². The molecular formula is C16H10ClN3O5. The van der Waals surface area contributed by atoms with E-state index in [0.29, 0.717) is 5.69 Å². The molecule has 0 aliphatic heterocycles. The van der Waals surface area contributed by atoms with E-state index in [9.17, 15) is 19.7 Å². The maximum absolute atomic E-state index is 11.9. The molecule has 0 atom stereocenters. The van der Waals surface area contributed by atoms with Crippen molar-refractivity contribution in [3.63, 3.8) is 0 Å². The van der Waals surface area contributed by atoms with Gasteiger partial charge in [0.2, 0.25) is 0 Å². The number of carbonyl (C=O) groups is 2. The zero-order chi connectivity index (χ0) is 18.4. The van der Waals surface area contributed by atoms with Crippen molar-refractivity contribution in [3.05, 3.63) is 68.7 Å². The fourth-order valence-electron chi connectivity index (χ4n) is 1.89. The Balaban J connectivity index is 1.98. The Kier molecular flexibility index (Phi) is 5.66. The predicted octanol–water partition coefficient (Wildman–Crippen LogP) is 2.92. The standard InChI is InChI=1S/C16H10ClN3O5/c17-13-7-11(6-5-10(13)8-18)19-15(21)9-25-16(22)12-3-1-2-4-14(12)20(23)24/h1-7H,9H2,(H,19,21). The highest BCUT2D eigenvalue weighted by Crippen LogP contribution is 2.20. The smallest absolute Gasteiger partial charge is 0.345 e. The monoisotopic (exact) mass is 359 g/mol. The Morgan fingerprint density at radius 1 is 1.28 bits per heavy atom. The largest absolute Gasteiger partial charge is 0.452 e. The molecule has 0 fully saturated rings. The molecule has 8 nitrogen and oxygen atoms in total. The molecule has 0 bridgehead atoms. The first kappa shape index (κ1) is 17.9. The van der Waals surface area contributed by atoms with Crippen LogP contribution < -0.4 is 5.32 Å². The molecule has 1 N–H and O–H groups in total. The first-order chi connectivity index (χ1) is 11.9. The lowest BCUT2D eigenvalue weighted by Crippen LogP contribution is -2.21. The van der Waals surface area contributed by atoms with Gasteiger partial charge >= 0.3 is 5.97 Å². The number of ether oxygens (including phenoxy) is 1. The van der Waals surface area contributed by atoms with Crippen molar-refractivity contribution in [2.24, 2.45) is 0 Å². The molecule has 0 aliphatic carbocycles. The highest BCUT2D eigenvalue weighted by atomic mass is 35.5. The van der Waals surface area contributed by atoms with E-state index in [4.69, 9.17) is 21.6 Å². The molecule has 0 unspecified atom stereocenters. The van der Waals surface area contributed by atoms with Gasteiger partial charge in [-0.25, -0.2) is 4.79 Å². The van der Waals surface area contributed by atoms with Crippen molar-refractivity contribution in [1.82, 2.24) is 0 Å². The number of rotatable bonds is 5. The summed E-state index contributed by atoms with van der Waals surface area (Å²) in [4.78, 5) is 33.9. The highest BCUT2D eigenvalue weighted by molar-refractivity contribution is 6.32. The zero-order valence-corrected chi connectivity index (χ0v) is 13.3. The van der Waals surface area contributed by atoms with Crippen molar-refractivity contribution < 1.29 is 19.2 Å². The summed E-state index contributed by atoms with van der Waals surface area (Å²) in [5.74, 6) is -1.65. The Hall–Kier alpha value is -3.44. The number of anilines is 1. The molecule has 0 saturated heterocycles. The fourth-order valence-corrected chi connectivity index (χ4v) is 2.12. The van der Waals surface area contributed by atoms with Crippen molar-refractivity contribution in [2.45, 2.75) is 0 Å². The summed E-state index contributed by atoms with van der Waals surface area (Å²) in [7, 11) is 0. The van der Waals surface area contributed by atoms with E-state index in [0.717, 1.165) is 6.07 Å². The van der Waals surface area contributed by atoms with E-state index in [1.807, 2.05) is 6.07 Å². The Bertz CT molecular complexity index is 892. The molecule has 0 spiro atoms. The predicted molar refractivity (Wildman–Crippen MR) is 88.2 cm³/mol. The number of nitrogens with zero attached hydrogens (tertiary/aromatic N) is 2. The Labute approximate surface area is 146 Å². The summed E-state index contributed by atoms with van der Waals surface area (Å²) < 4.78 is 4.79. The summed E-state index contributed by atoms with van der Waals surface area (Å²) in [6, 6.07) is 11.4. The molecule has 2 aromatic carbocycles. The minimum Gasteiger partial charge on any atom is -0.452 e. The maximum Gasteiger partial charge on any atom is 0.345 e. The van der Waals surface area contributed by atoms with Gasteiger partial charge in [0.05, 0.1) is 15.5 Å². The lowest BCUT2D eigenvalue weighted by Gasteiger charge is -2.07. The van der Waals surface area contributed by atoms with Crippen LogP contribution in [0.15, 0.2) is 42.5 Å². The fraction of sp³-hybridized carbons (Fsp3) is 0.0625. The Morgan fingerprint density at radius 2 is 2.00 bits per heavy atom. The van der Waals surface area contributed by atoms with Gasteiger partial charge in [-0.05, 0) is 24.3 Å². The number of nitro benzene ring substituents is 1. The summed E-state index contributed by atoms with van der Waals surface area (Å²) >= 11 is 5.84. The van der Waals surface area contributed by atoms with Crippen molar-refractivity contribution in [3.8, 4) is 6.07 Å². The second-order valence-electron chi connectivity index (χ2n) is 4.70. The van der Waals surface area contributed by atoms with E-state index in [1.54, 1.807) is 0 Å². The van der Waals surface area contributed by atoms with Gasteiger partial charge in [-0.3, -0.25) is 14.9 Å². The minimum atomic E-state index is -0.986. The molecular weight excluding hydrogens is 350 g/mol. The second-order valence-corrected chi connectivity index (χ2v) is 5.11. The number of hydrogen-bond donors (Lipinski definition) is 1. The summed E-state index contributed by atoms with van der Waals surface area (Å²) in [5, 5.41) is 22.3. The van der Waals surface area contributed by atoms with E-state index in [-0.39, 0.29) is 16.1 Å². The van der Waals surface area contributed by atoms with E-state index in [1.165, 1.54) is 36.4 Å². The van der Waals surface area contributed by atoms with E-state index < -0.39 is 29.1 Å². The van der Waals surface area contributed by atoms with Crippen LogP contribution in [0.25, 0.3) is 0 Å². The van der Waals surface area contributed by atoms with Gasteiger partial charge in [0.25, 0.3) is 11.6 Å². The SMILES string of the molecule is N#Cc1ccc(NC(=O)COC(=O)c2ccccc2[N+](=O)[O-])cc1Cl. The van der Waals surface area contributed by atoms with Crippen LogP contribution in [-0.4, -0.2) is 23.4 Å². The van der Waals surface area contributed by atoms with Crippen LogP contribution in [-0.2, 0) is 9.53 Å². The number of esters is 1. The lowest BCUT2D eigenvalue weighted by atomic mass is 10.2. The van der Waals surface area contributed by atoms with Gasteiger partial charge in [0, 0.05) is 11.8 Å². The van der Waals surface area contributed by atoms with Crippen LogP contribution in [0.3, 0.4) is 0 Å². The summed E-state index contributed by atoms with van der Waals surface area (Å²) in [6.07, 6.45) is 0. The number of amides is 1. The number of nitro groups is 1. The number of para-hydroxylation sites is 1. The number of halogens is 1. The van der Waals surface area contributed by atoms with Crippen LogP contribution in [0.1, 0.15) is 15.9 Å². The van der Waals surface area contributed by atoms with Crippen molar-refractivity contribution in [1.29, 1.82) is 5.26 Å². The van der Waals surface area contributed by atoms with Crippen molar-refractivity contribution in [2.75, 3.05) is 11.9 Å². The number of hydrogen-bond acceptors (Lipinski definition) is 6. The first-order valence-electron chi connectivity index (χ1n) is 6.82. The van der Waals surface area contributed by atoms with Gasteiger partial charge < -0.3 is 10.1 Å². The van der Waals surface area contributed by atoms with Crippen LogP contribution in [0, 0.1) is 21.4 Å². The number of carbonyl (C=O) groups excluding carboxylic acids is 2. The van der Waals surface area contributed by atoms with Crippen LogP contribution in [0.2, 0.25) is 5.02 Å². The summed E-state index contributed by atoms with van der Waals surface area (Å²) in [5.41, 5.74) is -0.0910. The molecule has 126 valence electrons. The molecule has 0 aromatic heterocycles. The maximum atomic E-state index is 11.9. The van der Waals surface area contributed by atoms with Crippen LogP contribution in [0.4, 0.5) is 11.4 Å². The quantitative estimate of drug-likeness (QED) is 0.497. The molecule has 2 rings (SSSR count). The third kappa shape index (κ3) is 4.53. The molecule has 1 amide bonds. The average Bonchev–Trinajstić information content (AvgIpc) is 2.59. The van der Waals surface area contributed by atoms with E-state index in [2.05, 4.69) is 5.32 Å². The first-order valence-corrected chi connectivity index (χ1v) is 7.20. The molecule has 0 saturated carbocycles. The van der Waals surface area contributed by atoms with Crippen molar-refractivity contribution >= 4 is 34.9 Å². The molecule has 0 heterocycles. The summed E-state index contributed by atoms with van der Waals surface area (Å²) in [6.45, 7) is -0.636. The molecule has 25 heavy (non-hydrogen) atoms. The van der Waals surface area contributed by atoms with Crippen LogP contribution in [0.5, 0.6) is 0 Å². The molecule has 2 aromatic rings. The number of nitriles is 1. The van der Waals surface area contributed by atoms with Gasteiger partial charge in [-0.15, -0.1) is 0 Å². The zero-order valence-electron chi connectivity index (χ0n) is 12.6. The number of benzene rings is 2. The highest BCUT2D eigenvalue weighted by Gasteiger charge is 2.21. The Morgan fingerprint density at radius 3 is 2.64 bits per heavy atom. The van der Waals surface area contributed by atoms with Crippen LogP contribution >= 0.6 is 11.6 Å². The second kappa shape index (κ2) is 7.90. The van der Waals surface area contributed by atoms with Gasteiger partial charge in [-0.2, -0.15) is 5.26 Å². The lowest BCUT2D eigenvalue weighted by molar-refractivity contribution is -0.385. The number of nitrogens with one attached hydrogen (secondary N) is 1. The molecule has 0 aliphatic rings. The topological polar surface area (TPSA) is 122 Å². The molecule has 0 radical (unpaired) electrons. The van der Waals surface area contributed by atoms with Gasteiger partial charge in [-0.1, -0.05) is 23.7 Å². The third-order valence-electron chi connectivity index (χ3n) is 3.03. The average molecular weight is 360 g/mol. The van der Waals surface area contributed by atoms with Gasteiger partial charge in [0.1, 0.15) is 11.6 Å². The molecule has 9 heteroatoms.